The first-order valence-electron chi connectivity index (χ1n) is 11.2. The molecule has 1 heterocycles. The van der Waals surface area contributed by atoms with E-state index in [9.17, 15) is 0 Å². The molecule has 6 aromatic carbocycles. The highest BCUT2D eigenvalue weighted by Gasteiger charge is 2.14. The minimum absolute atomic E-state index is 0.643. The van der Waals surface area contributed by atoms with Crippen molar-refractivity contribution < 1.29 is 4.42 Å². The van der Waals surface area contributed by atoms with Gasteiger partial charge in [0.15, 0.2) is 5.58 Å². The molecular weight excluding hydrogens is 438 g/mol. The summed E-state index contributed by atoms with van der Waals surface area (Å²) < 4.78 is 6.37. The van der Waals surface area contributed by atoms with Gasteiger partial charge in [0.1, 0.15) is 5.52 Å². The second-order valence-corrected chi connectivity index (χ2v) is 9.04. The number of benzene rings is 6. The van der Waals surface area contributed by atoms with E-state index in [0.29, 0.717) is 5.89 Å². The van der Waals surface area contributed by atoms with E-state index in [1.54, 1.807) is 0 Å². The fourth-order valence-electron chi connectivity index (χ4n) is 4.80. The molecule has 0 amide bonds. The lowest BCUT2D eigenvalue weighted by molar-refractivity contribution is 0.623. The van der Waals surface area contributed by atoms with Crippen LogP contribution in [0.4, 0.5) is 0 Å². The third-order valence-electron chi connectivity index (χ3n) is 6.51. The molecule has 7 aromatic rings. The number of fused-ring (bicyclic) bond motifs is 6. The van der Waals surface area contributed by atoms with Crippen molar-refractivity contribution in [3.63, 3.8) is 0 Å². The third kappa shape index (κ3) is 3.07. The zero-order valence-electron chi connectivity index (χ0n) is 18.1. The van der Waals surface area contributed by atoms with Gasteiger partial charge in [-0.25, -0.2) is 4.98 Å². The van der Waals surface area contributed by atoms with Crippen molar-refractivity contribution in [2.75, 3.05) is 0 Å². The molecule has 0 bridgehead atoms. The van der Waals surface area contributed by atoms with E-state index in [1.807, 2.05) is 48.5 Å². The second kappa shape index (κ2) is 7.44. The molecule has 7 rings (SSSR count). The van der Waals surface area contributed by atoms with Crippen LogP contribution in [0.25, 0.3) is 66.0 Å². The van der Waals surface area contributed by atoms with Crippen LogP contribution in [0.1, 0.15) is 0 Å². The van der Waals surface area contributed by atoms with Crippen LogP contribution in [0.15, 0.2) is 114 Å². The van der Waals surface area contributed by atoms with Crippen LogP contribution in [0.3, 0.4) is 0 Å². The molecular formula is C31H18ClNO. The summed E-state index contributed by atoms with van der Waals surface area (Å²) in [7, 11) is 0. The SMILES string of the molecule is Clc1ccc2cc(-c3ccc4ccc5ccc6nc(-c7ccccc7)oc6c5c4c3)ccc2c1. The predicted octanol–water partition coefficient (Wildman–Crippen LogP) is 9.27. The zero-order chi connectivity index (χ0) is 22.6. The maximum absolute atomic E-state index is 6.37. The van der Waals surface area contributed by atoms with Gasteiger partial charge >= 0.3 is 0 Å². The van der Waals surface area contributed by atoms with Gasteiger partial charge in [-0.15, -0.1) is 0 Å². The number of halogens is 1. The Balaban J connectivity index is 1.47. The van der Waals surface area contributed by atoms with Gasteiger partial charge in [0.2, 0.25) is 5.89 Å². The third-order valence-corrected chi connectivity index (χ3v) is 6.75. The lowest BCUT2D eigenvalue weighted by Gasteiger charge is -2.09. The molecule has 0 aliphatic carbocycles. The summed E-state index contributed by atoms with van der Waals surface area (Å²) in [5.41, 5.74) is 5.00. The standard InChI is InChI=1S/C31H18ClNO/c32-26-14-12-23-16-22(10-11-24(23)17-26)25-9-7-19-6-8-20-13-15-28-30(29(20)27(19)18-25)34-31(33-28)21-4-2-1-3-5-21/h1-18H. The molecule has 0 spiro atoms. The van der Waals surface area contributed by atoms with Crippen LogP contribution in [0.2, 0.25) is 5.02 Å². The Morgan fingerprint density at radius 2 is 1.24 bits per heavy atom. The van der Waals surface area contributed by atoms with E-state index < -0.39 is 0 Å². The number of nitrogens with zero attached hydrogens (tertiary/aromatic N) is 1. The molecule has 0 saturated carbocycles. The normalized spacial score (nSPS) is 11.7. The molecule has 1 aromatic heterocycles. The van der Waals surface area contributed by atoms with Crippen molar-refractivity contribution in [3.05, 3.63) is 114 Å². The Morgan fingerprint density at radius 1 is 0.559 bits per heavy atom. The number of oxazole rings is 1. The maximum Gasteiger partial charge on any atom is 0.227 e. The lowest BCUT2D eigenvalue weighted by atomic mass is 9.95. The average Bonchev–Trinajstić information content (AvgIpc) is 3.33. The molecule has 34 heavy (non-hydrogen) atoms. The molecule has 0 aliphatic heterocycles. The summed E-state index contributed by atoms with van der Waals surface area (Å²) in [6.45, 7) is 0. The zero-order valence-corrected chi connectivity index (χ0v) is 18.9. The predicted molar refractivity (Wildman–Crippen MR) is 142 cm³/mol. The van der Waals surface area contributed by atoms with Crippen molar-refractivity contribution in [3.8, 4) is 22.6 Å². The van der Waals surface area contributed by atoms with E-state index in [4.69, 9.17) is 21.0 Å². The Bertz CT molecular complexity index is 1870. The van der Waals surface area contributed by atoms with Gasteiger partial charge in [-0.3, -0.25) is 0 Å². The Morgan fingerprint density at radius 3 is 2.12 bits per heavy atom. The molecule has 0 aliphatic rings. The molecule has 0 N–H and O–H groups in total. The van der Waals surface area contributed by atoms with Gasteiger partial charge in [-0.2, -0.15) is 0 Å². The molecule has 3 heteroatoms. The van der Waals surface area contributed by atoms with Gasteiger partial charge in [0.05, 0.1) is 0 Å². The van der Waals surface area contributed by atoms with Crippen molar-refractivity contribution >= 4 is 55.0 Å². The minimum Gasteiger partial charge on any atom is -0.435 e. The summed E-state index contributed by atoms with van der Waals surface area (Å²) in [4.78, 5) is 4.78. The van der Waals surface area contributed by atoms with Crippen LogP contribution in [0.5, 0.6) is 0 Å². The minimum atomic E-state index is 0.643. The summed E-state index contributed by atoms with van der Waals surface area (Å²) in [5, 5.41) is 7.63. The van der Waals surface area contributed by atoms with Gasteiger partial charge in [0.25, 0.3) is 0 Å². The first kappa shape index (κ1) is 19.3. The molecule has 0 atom stereocenters. The fourth-order valence-corrected chi connectivity index (χ4v) is 4.98. The van der Waals surface area contributed by atoms with Crippen LogP contribution in [0, 0.1) is 0 Å². The van der Waals surface area contributed by atoms with E-state index in [1.165, 1.54) is 16.3 Å². The van der Waals surface area contributed by atoms with Crippen LogP contribution in [-0.2, 0) is 0 Å². The Kier molecular flexibility index (Phi) is 4.23. The highest BCUT2D eigenvalue weighted by Crippen LogP contribution is 2.37. The van der Waals surface area contributed by atoms with Crippen molar-refractivity contribution in [1.82, 2.24) is 4.98 Å². The summed E-state index contributed by atoms with van der Waals surface area (Å²) in [6, 6.07) is 37.7. The van der Waals surface area contributed by atoms with Gasteiger partial charge < -0.3 is 4.42 Å². The molecule has 2 nitrogen and oxygen atoms in total. The van der Waals surface area contributed by atoms with Gasteiger partial charge in [-0.1, -0.05) is 78.3 Å². The lowest BCUT2D eigenvalue weighted by Crippen LogP contribution is -1.83. The topological polar surface area (TPSA) is 26.0 Å². The van der Waals surface area contributed by atoms with Gasteiger partial charge in [-0.05, 0) is 80.5 Å². The highest BCUT2D eigenvalue weighted by atomic mass is 35.5. The molecule has 0 saturated heterocycles. The van der Waals surface area contributed by atoms with Crippen molar-refractivity contribution in [1.29, 1.82) is 0 Å². The van der Waals surface area contributed by atoms with Crippen LogP contribution < -0.4 is 0 Å². The first-order valence-corrected chi connectivity index (χ1v) is 11.6. The monoisotopic (exact) mass is 455 g/mol. The van der Waals surface area contributed by atoms with E-state index in [2.05, 4.69) is 60.7 Å². The maximum atomic E-state index is 6.37. The quantitative estimate of drug-likeness (QED) is 0.243. The van der Waals surface area contributed by atoms with Crippen LogP contribution >= 0.6 is 11.6 Å². The van der Waals surface area contributed by atoms with Crippen molar-refractivity contribution in [2.24, 2.45) is 0 Å². The average molecular weight is 456 g/mol. The molecule has 160 valence electrons. The Hall–Kier alpha value is -4.14. The summed E-state index contributed by atoms with van der Waals surface area (Å²) >= 11 is 6.17. The van der Waals surface area contributed by atoms with E-state index >= 15 is 0 Å². The van der Waals surface area contributed by atoms with Crippen LogP contribution in [-0.4, -0.2) is 4.98 Å². The number of rotatable bonds is 2. The summed E-state index contributed by atoms with van der Waals surface area (Å²) in [5.74, 6) is 0.643. The largest absolute Gasteiger partial charge is 0.435 e. The number of hydrogen-bond donors (Lipinski definition) is 0. The fraction of sp³-hybridized carbons (Fsp3) is 0. The molecule has 0 radical (unpaired) electrons. The number of hydrogen-bond acceptors (Lipinski definition) is 2. The highest BCUT2D eigenvalue weighted by molar-refractivity contribution is 6.31. The van der Waals surface area contributed by atoms with Gasteiger partial charge in [0, 0.05) is 16.0 Å². The molecule has 0 fully saturated rings. The smallest absolute Gasteiger partial charge is 0.227 e. The summed E-state index contributed by atoms with van der Waals surface area (Å²) in [6.07, 6.45) is 0. The second-order valence-electron chi connectivity index (χ2n) is 8.60. The Labute approximate surface area is 201 Å². The van der Waals surface area contributed by atoms with E-state index in [0.717, 1.165) is 48.8 Å². The van der Waals surface area contributed by atoms with E-state index in [-0.39, 0.29) is 0 Å². The molecule has 0 unspecified atom stereocenters. The first-order chi connectivity index (χ1) is 16.7. The van der Waals surface area contributed by atoms with Crippen molar-refractivity contribution in [2.45, 2.75) is 0 Å². The number of aromatic nitrogens is 1.